The van der Waals surface area contributed by atoms with Crippen LogP contribution in [-0.2, 0) is 0 Å². The quantitative estimate of drug-likeness (QED) is 0.734. The Hall–Kier alpha value is -1.28. The lowest BCUT2D eigenvalue weighted by Crippen LogP contribution is -2.02. The van der Waals surface area contributed by atoms with Crippen LogP contribution in [0, 0.1) is 0 Å². The molecule has 0 aliphatic carbocycles. The summed E-state index contributed by atoms with van der Waals surface area (Å²) < 4.78 is 5.26. The molecule has 1 N–H and O–H groups in total. The van der Waals surface area contributed by atoms with E-state index in [2.05, 4.69) is 6.58 Å². The highest BCUT2D eigenvalue weighted by Crippen LogP contribution is 2.18. The zero-order valence-corrected chi connectivity index (χ0v) is 6.86. The molecule has 1 rings (SSSR count). The SMILES string of the molecule is C=Cc1ccccc1OCCO. The van der Waals surface area contributed by atoms with Crippen LogP contribution in [0.15, 0.2) is 30.8 Å². The summed E-state index contributed by atoms with van der Waals surface area (Å²) in [5, 5.41) is 8.54. The molecule has 64 valence electrons. The fourth-order valence-electron chi connectivity index (χ4n) is 0.936. The number of aliphatic hydroxyl groups is 1. The lowest BCUT2D eigenvalue weighted by molar-refractivity contribution is 0.201. The largest absolute Gasteiger partial charge is 0.491 e. The molecule has 1 aromatic rings. The van der Waals surface area contributed by atoms with Crippen LogP contribution in [0.2, 0.25) is 0 Å². The highest BCUT2D eigenvalue weighted by atomic mass is 16.5. The maximum atomic E-state index is 8.54. The fraction of sp³-hybridized carbons (Fsp3) is 0.200. The molecule has 0 saturated carbocycles. The van der Waals surface area contributed by atoms with E-state index in [1.165, 1.54) is 0 Å². The Morgan fingerprint density at radius 3 is 2.83 bits per heavy atom. The van der Waals surface area contributed by atoms with Gasteiger partial charge in [0.25, 0.3) is 0 Å². The second kappa shape index (κ2) is 4.57. The minimum absolute atomic E-state index is 0.0332. The Kier molecular flexibility index (Phi) is 3.35. The van der Waals surface area contributed by atoms with Gasteiger partial charge >= 0.3 is 0 Å². The maximum Gasteiger partial charge on any atom is 0.126 e. The minimum Gasteiger partial charge on any atom is -0.491 e. The first-order chi connectivity index (χ1) is 5.88. The molecule has 0 radical (unpaired) electrons. The van der Waals surface area contributed by atoms with Crippen molar-refractivity contribution in [2.45, 2.75) is 0 Å². The monoisotopic (exact) mass is 164 g/mol. The van der Waals surface area contributed by atoms with Crippen molar-refractivity contribution >= 4 is 6.08 Å². The Labute approximate surface area is 72.1 Å². The molecule has 0 spiro atoms. The fourth-order valence-corrected chi connectivity index (χ4v) is 0.936. The lowest BCUT2D eigenvalue weighted by atomic mass is 10.2. The Balaban J connectivity index is 2.75. The molecule has 2 nitrogen and oxygen atoms in total. The topological polar surface area (TPSA) is 29.5 Å². The molecule has 0 aromatic heterocycles. The van der Waals surface area contributed by atoms with E-state index in [1.807, 2.05) is 24.3 Å². The van der Waals surface area contributed by atoms with Crippen LogP contribution in [0.5, 0.6) is 5.75 Å². The van der Waals surface area contributed by atoms with Crippen LogP contribution in [-0.4, -0.2) is 18.3 Å². The van der Waals surface area contributed by atoms with Gasteiger partial charge < -0.3 is 9.84 Å². The van der Waals surface area contributed by atoms with Crippen LogP contribution >= 0.6 is 0 Å². The normalized spacial score (nSPS) is 9.42. The minimum atomic E-state index is 0.0332. The molecule has 0 unspecified atom stereocenters. The maximum absolute atomic E-state index is 8.54. The zero-order chi connectivity index (χ0) is 8.81. The van der Waals surface area contributed by atoms with E-state index in [-0.39, 0.29) is 6.61 Å². The van der Waals surface area contributed by atoms with Crippen LogP contribution < -0.4 is 4.74 Å². The number of hydrogen-bond acceptors (Lipinski definition) is 2. The van der Waals surface area contributed by atoms with Gasteiger partial charge in [0.1, 0.15) is 12.4 Å². The van der Waals surface area contributed by atoms with E-state index in [9.17, 15) is 0 Å². The van der Waals surface area contributed by atoms with Crippen LogP contribution in [0.25, 0.3) is 6.08 Å². The number of hydrogen-bond donors (Lipinski definition) is 1. The van der Waals surface area contributed by atoms with Crippen molar-refractivity contribution in [2.24, 2.45) is 0 Å². The molecule has 0 bridgehead atoms. The van der Waals surface area contributed by atoms with Crippen molar-refractivity contribution in [3.8, 4) is 5.75 Å². The van der Waals surface area contributed by atoms with Gasteiger partial charge in [-0.25, -0.2) is 0 Å². The molecule has 0 aliphatic rings. The molecule has 12 heavy (non-hydrogen) atoms. The Bertz CT molecular complexity index is 256. The second-order valence-electron chi connectivity index (χ2n) is 2.31. The van der Waals surface area contributed by atoms with Gasteiger partial charge in [0, 0.05) is 5.56 Å². The van der Waals surface area contributed by atoms with Gasteiger partial charge in [-0.3, -0.25) is 0 Å². The molecule has 0 aliphatic heterocycles. The predicted octanol–water partition coefficient (Wildman–Crippen LogP) is 1.70. The predicted molar refractivity (Wildman–Crippen MR) is 49.1 cm³/mol. The summed E-state index contributed by atoms with van der Waals surface area (Å²) in [5.74, 6) is 0.765. The van der Waals surface area contributed by atoms with Crippen molar-refractivity contribution in [1.82, 2.24) is 0 Å². The van der Waals surface area contributed by atoms with E-state index in [0.717, 1.165) is 11.3 Å². The van der Waals surface area contributed by atoms with Crippen LogP contribution in [0.1, 0.15) is 5.56 Å². The third-order valence-corrected chi connectivity index (χ3v) is 1.49. The highest BCUT2D eigenvalue weighted by molar-refractivity contribution is 5.55. The summed E-state index contributed by atoms with van der Waals surface area (Å²) in [4.78, 5) is 0. The van der Waals surface area contributed by atoms with Gasteiger partial charge in [0.2, 0.25) is 0 Å². The van der Waals surface area contributed by atoms with E-state index in [1.54, 1.807) is 6.08 Å². The van der Waals surface area contributed by atoms with Gasteiger partial charge in [-0.05, 0) is 6.07 Å². The summed E-state index contributed by atoms with van der Waals surface area (Å²) in [5.41, 5.74) is 0.950. The van der Waals surface area contributed by atoms with Crippen LogP contribution in [0.4, 0.5) is 0 Å². The van der Waals surface area contributed by atoms with Gasteiger partial charge in [-0.1, -0.05) is 30.9 Å². The Morgan fingerprint density at radius 2 is 2.17 bits per heavy atom. The molecule has 0 fully saturated rings. The van der Waals surface area contributed by atoms with E-state index in [4.69, 9.17) is 9.84 Å². The number of ether oxygens (including phenoxy) is 1. The smallest absolute Gasteiger partial charge is 0.126 e. The van der Waals surface area contributed by atoms with E-state index < -0.39 is 0 Å². The van der Waals surface area contributed by atoms with Gasteiger partial charge in [-0.2, -0.15) is 0 Å². The molecule has 2 heteroatoms. The lowest BCUT2D eigenvalue weighted by Gasteiger charge is -2.06. The number of benzene rings is 1. The second-order valence-corrected chi connectivity index (χ2v) is 2.31. The molecule has 0 saturated heterocycles. The van der Waals surface area contributed by atoms with Crippen molar-refractivity contribution in [3.05, 3.63) is 36.4 Å². The van der Waals surface area contributed by atoms with Gasteiger partial charge in [0.15, 0.2) is 0 Å². The molecule has 0 atom stereocenters. The summed E-state index contributed by atoms with van der Waals surface area (Å²) >= 11 is 0. The molecular formula is C10H12O2. The van der Waals surface area contributed by atoms with Gasteiger partial charge in [-0.15, -0.1) is 0 Å². The number of para-hydroxylation sites is 1. The summed E-state index contributed by atoms with van der Waals surface area (Å²) in [7, 11) is 0. The molecule has 0 amide bonds. The first-order valence-corrected chi connectivity index (χ1v) is 3.83. The highest BCUT2D eigenvalue weighted by Gasteiger charge is 1.96. The Morgan fingerprint density at radius 1 is 1.42 bits per heavy atom. The third kappa shape index (κ3) is 2.10. The van der Waals surface area contributed by atoms with Crippen molar-refractivity contribution in [2.75, 3.05) is 13.2 Å². The molecule has 1 aromatic carbocycles. The van der Waals surface area contributed by atoms with E-state index >= 15 is 0 Å². The van der Waals surface area contributed by atoms with Crippen molar-refractivity contribution in [1.29, 1.82) is 0 Å². The first-order valence-electron chi connectivity index (χ1n) is 3.83. The average molecular weight is 164 g/mol. The summed E-state index contributed by atoms with van der Waals surface area (Å²) in [6, 6.07) is 7.58. The molecule has 0 heterocycles. The third-order valence-electron chi connectivity index (χ3n) is 1.49. The summed E-state index contributed by atoms with van der Waals surface area (Å²) in [6.07, 6.45) is 1.73. The van der Waals surface area contributed by atoms with Crippen molar-refractivity contribution in [3.63, 3.8) is 0 Å². The molecular weight excluding hydrogens is 152 g/mol. The summed E-state index contributed by atoms with van der Waals surface area (Å²) in [6.45, 7) is 4.01. The van der Waals surface area contributed by atoms with Crippen molar-refractivity contribution < 1.29 is 9.84 Å². The van der Waals surface area contributed by atoms with Gasteiger partial charge in [0.05, 0.1) is 6.61 Å². The zero-order valence-electron chi connectivity index (χ0n) is 6.86. The average Bonchev–Trinajstić information content (AvgIpc) is 2.15. The first kappa shape index (κ1) is 8.81. The number of rotatable bonds is 4. The van der Waals surface area contributed by atoms with Crippen LogP contribution in [0.3, 0.4) is 0 Å². The standard InChI is InChI=1S/C10H12O2/c1-2-9-5-3-4-6-10(9)12-8-7-11/h2-6,11H,1,7-8H2. The number of aliphatic hydroxyl groups excluding tert-OH is 1. The van der Waals surface area contributed by atoms with E-state index in [0.29, 0.717) is 6.61 Å².